The third-order valence-corrected chi connectivity index (χ3v) is 2.35. The van der Waals surface area contributed by atoms with Gasteiger partial charge < -0.3 is 14.6 Å². The zero-order chi connectivity index (χ0) is 12.2. The Bertz CT molecular complexity index is 170. The summed E-state index contributed by atoms with van der Waals surface area (Å²) in [5, 5.41) is 8.43. The molecule has 1 unspecified atom stereocenters. The molecule has 0 aliphatic carbocycles. The number of hydrogen-bond acceptors (Lipinski definition) is 4. The van der Waals surface area contributed by atoms with Gasteiger partial charge in [0.1, 0.15) is 6.61 Å². The van der Waals surface area contributed by atoms with Crippen molar-refractivity contribution < 1.29 is 19.4 Å². The molecule has 0 aromatic carbocycles. The van der Waals surface area contributed by atoms with Gasteiger partial charge in [0.15, 0.2) is 0 Å². The lowest BCUT2D eigenvalue weighted by molar-refractivity contribution is 0.0347. The average molecular weight is 232 g/mol. The lowest BCUT2D eigenvalue weighted by atomic mass is 10.0. The molecule has 0 aliphatic heterocycles. The standard InChI is InChI=1S/C12H24O4/c1-3-4-5-6-7-11(2)10-16-12(14)15-9-8-13/h11,13H,3-10H2,1-2H3. The van der Waals surface area contributed by atoms with E-state index in [9.17, 15) is 4.79 Å². The summed E-state index contributed by atoms with van der Waals surface area (Å²) in [6.45, 7) is 4.48. The molecule has 0 aromatic heterocycles. The SMILES string of the molecule is CCCCCCC(C)COC(=O)OCCO. The van der Waals surface area contributed by atoms with Crippen LogP contribution in [0.5, 0.6) is 0 Å². The van der Waals surface area contributed by atoms with E-state index < -0.39 is 6.16 Å². The Labute approximate surface area is 97.9 Å². The predicted octanol–water partition coefficient (Wildman–Crippen LogP) is 2.74. The highest BCUT2D eigenvalue weighted by Gasteiger charge is 2.07. The minimum Gasteiger partial charge on any atom is -0.434 e. The van der Waals surface area contributed by atoms with Crippen LogP contribution in [0, 0.1) is 5.92 Å². The fourth-order valence-electron chi connectivity index (χ4n) is 1.38. The first kappa shape index (κ1) is 15.2. The van der Waals surface area contributed by atoms with Gasteiger partial charge in [0, 0.05) is 0 Å². The van der Waals surface area contributed by atoms with Crippen molar-refractivity contribution in [3.05, 3.63) is 0 Å². The number of unbranched alkanes of at least 4 members (excludes halogenated alkanes) is 3. The van der Waals surface area contributed by atoms with Crippen LogP contribution in [0.4, 0.5) is 4.79 Å². The maximum Gasteiger partial charge on any atom is 0.508 e. The minimum atomic E-state index is -0.686. The van der Waals surface area contributed by atoms with Gasteiger partial charge in [0.2, 0.25) is 0 Å². The molecule has 0 radical (unpaired) electrons. The van der Waals surface area contributed by atoms with Crippen molar-refractivity contribution in [2.45, 2.75) is 46.0 Å². The first-order valence-electron chi connectivity index (χ1n) is 6.11. The lowest BCUT2D eigenvalue weighted by Gasteiger charge is -2.11. The molecule has 1 N–H and O–H groups in total. The summed E-state index contributed by atoms with van der Waals surface area (Å²) in [4.78, 5) is 10.9. The molecule has 0 amide bonds. The second-order valence-corrected chi connectivity index (χ2v) is 4.09. The van der Waals surface area contributed by atoms with Crippen molar-refractivity contribution >= 4 is 6.16 Å². The van der Waals surface area contributed by atoms with Crippen molar-refractivity contribution in [3.8, 4) is 0 Å². The molecule has 0 aliphatic rings. The Morgan fingerprint density at radius 1 is 1.25 bits per heavy atom. The molecule has 0 saturated heterocycles. The maximum absolute atomic E-state index is 10.9. The summed E-state index contributed by atoms with van der Waals surface area (Å²) in [5.74, 6) is 0.374. The Morgan fingerprint density at radius 3 is 2.62 bits per heavy atom. The molecule has 0 heterocycles. The van der Waals surface area contributed by atoms with E-state index in [1.807, 2.05) is 0 Å². The van der Waals surface area contributed by atoms with Crippen molar-refractivity contribution in [1.82, 2.24) is 0 Å². The van der Waals surface area contributed by atoms with Gasteiger partial charge in [-0.15, -0.1) is 0 Å². The van der Waals surface area contributed by atoms with Gasteiger partial charge in [-0.25, -0.2) is 4.79 Å². The van der Waals surface area contributed by atoms with Crippen LogP contribution in [0.25, 0.3) is 0 Å². The molecule has 0 rings (SSSR count). The molecule has 16 heavy (non-hydrogen) atoms. The molecule has 0 bridgehead atoms. The van der Waals surface area contributed by atoms with Crippen LogP contribution in [0.3, 0.4) is 0 Å². The summed E-state index contributed by atoms with van der Waals surface area (Å²) < 4.78 is 9.46. The summed E-state index contributed by atoms with van der Waals surface area (Å²) in [7, 11) is 0. The van der Waals surface area contributed by atoms with E-state index in [4.69, 9.17) is 9.84 Å². The summed E-state index contributed by atoms with van der Waals surface area (Å²) in [5.41, 5.74) is 0. The Morgan fingerprint density at radius 2 is 2.00 bits per heavy atom. The first-order chi connectivity index (χ1) is 7.70. The predicted molar refractivity (Wildman–Crippen MR) is 62.3 cm³/mol. The molecule has 1 atom stereocenters. The Kier molecular flexibility index (Phi) is 10.2. The zero-order valence-electron chi connectivity index (χ0n) is 10.4. The number of aliphatic hydroxyl groups is 1. The van der Waals surface area contributed by atoms with Crippen LogP contribution in [-0.4, -0.2) is 31.1 Å². The highest BCUT2D eigenvalue weighted by molar-refractivity contribution is 5.59. The molecule has 0 spiro atoms. The number of hydrogen-bond donors (Lipinski definition) is 1. The van der Waals surface area contributed by atoms with E-state index >= 15 is 0 Å². The van der Waals surface area contributed by atoms with Crippen LogP contribution in [0.1, 0.15) is 46.0 Å². The number of carbonyl (C=O) groups excluding carboxylic acids is 1. The van der Waals surface area contributed by atoms with E-state index in [0.29, 0.717) is 12.5 Å². The minimum absolute atomic E-state index is 0.00368. The third kappa shape index (κ3) is 9.77. The number of rotatable bonds is 9. The topological polar surface area (TPSA) is 55.8 Å². The Balaban J connectivity index is 3.34. The highest BCUT2D eigenvalue weighted by atomic mass is 16.7. The zero-order valence-corrected chi connectivity index (χ0v) is 10.4. The van der Waals surface area contributed by atoms with Crippen molar-refractivity contribution in [3.63, 3.8) is 0 Å². The first-order valence-corrected chi connectivity index (χ1v) is 6.11. The van der Waals surface area contributed by atoms with Crippen LogP contribution in [0.2, 0.25) is 0 Å². The molecule has 96 valence electrons. The van der Waals surface area contributed by atoms with Gasteiger partial charge >= 0.3 is 6.16 Å². The van der Waals surface area contributed by atoms with Crippen LogP contribution >= 0.6 is 0 Å². The smallest absolute Gasteiger partial charge is 0.434 e. The summed E-state index contributed by atoms with van der Waals surface area (Å²) >= 11 is 0. The van der Waals surface area contributed by atoms with Crippen molar-refractivity contribution in [2.75, 3.05) is 19.8 Å². The third-order valence-electron chi connectivity index (χ3n) is 2.35. The fourth-order valence-corrected chi connectivity index (χ4v) is 1.38. The van der Waals surface area contributed by atoms with Crippen LogP contribution in [-0.2, 0) is 9.47 Å². The average Bonchev–Trinajstić information content (AvgIpc) is 2.29. The molecule has 0 saturated carbocycles. The summed E-state index contributed by atoms with van der Waals surface area (Å²) in [6, 6.07) is 0. The number of aliphatic hydroxyl groups excluding tert-OH is 1. The monoisotopic (exact) mass is 232 g/mol. The molecule has 0 aromatic rings. The van der Waals surface area contributed by atoms with Gasteiger partial charge in [0.05, 0.1) is 13.2 Å². The number of ether oxygens (including phenoxy) is 2. The van der Waals surface area contributed by atoms with Gasteiger partial charge in [-0.05, 0) is 12.3 Å². The second kappa shape index (κ2) is 10.7. The molecular formula is C12H24O4. The van der Waals surface area contributed by atoms with Crippen molar-refractivity contribution in [2.24, 2.45) is 5.92 Å². The van der Waals surface area contributed by atoms with Crippen LogP contribution < -0.4 is 0 Å². The van der Waals surface area contributed by atoms with E-state index in [2.05, 4.69) is 18.6 Å². The fraction of sp³-hybridized carbons (Fsp3) is 0.917. The second-order valence-electron chi connectivity index (χ2n) is 4.09. The largest absolute Gasteiger partial charge is 0.508 e. The number of carbonyl (C=O) groups is 1. The van der Waals surface area contributed by atoms with Crippen molar-refractivity contribution in [1.29, 1.82) is 0 Å². The van der Waals surface area contributed by atoms with Gasteiger partial charge in [-0.1, -0.05) is 39.5 Å². The lowest BCUT2D eigenvalue weighted by Crippen LogP contribution is -2.15. The normalized spacial score (nSPS) is 12.2. The Hall–Kier alpha value is -0.770. The highest BCUT2D eigenvalue weighted by Crippen LogP contribution is 2.10. The van der Waals surface area contributed by atoms with Gasteiger partial charge in [0.25, 0.3) is 0 Å². The molecule has 4 nitrogen and oxygen atoms in total. The molecule has 0 fully saturated rings. The van der Waals surface area contributed by atoms with E-state index in [-0.39, 0.29) is 13.2 Å². The molecular weight excluding hydrogens is 208 g/mol. The molecule has 4 heteroatoms. The maximum atomic E-state index is 10.9. The van der Waals surface area contributed by atoms with E-state index in [0.717, 1.165) is 6.42 Å². The van der Waals surface area contributed by atoms with E-state index in [1.165, 1.54) is 25.7 Å². The van der Waals surface area contributed by atoms with E-state index in [1.54, 1.807) is 0 Å². The summed E-state index contributed by atoms with van der Waals surface area (Å²) in [6.07, 6.45) is 5.33. The van der Waals surface area contributed by atoms with Crippen LogP contribution in [0.15, 0.2) is 0 Å². The van der Waals surface area contributed by atoms with Gasteiger partial charge in [-0.3, -0.25) is 0 Å². The van der Waals surface area contributed by atoms with Gasteiger partial charge in [-0.2, -0.15) is 0 Å². The quantitative estimate of drug-likeness (QED) is 0.490.